The highest BCUT2D eigenvalue weighted by molar-refractivity contribution is 4.84. The van der Waals surface area contributed by atoms with Crippen molar-refractivity contribution in [2.24, 2.45) is 11.3 Å². The zero-order chi connectivity index (χ0) is 11.7. The van der Waals surface area contributed by atoms with Crippen molar-refractivity contribution in [3.63, 3.8) is 0 Å². The molecule has 1 unspecified atom stereocenters. The van der Waals surface area contributed by atoms with E-state index < -0.39 is 0 Å². The summed E-state index contributed by atoms with van der Waals surface area (Å²) in [6, 6.07) is 0. The van der Waals surface area contributed by atoms with Crippen LogP contribution in [-0.2, 0) is 0 Å². The van der Waals surface area contributed by atoms with E-state index in [0.717, 1.165) is 32.4 Å². The second-order valence-corrected chi connectivity index (χ2v) is 5.12. The molecule has 0 aromatic carbocycles. The molecule has 15 heavy (non-hydrogen) atoms. The standard InChI is InChI=1S/C13H25NO/c1-5-6-8-14-9-7-12(2)10-13(3,4)11-15/h1,12,14-15H,6-11H2,2-4H3. The van der Waals surface area contributed by atoms with Crippen LogP contribution in [0, 0.1) is 23.7 Å². The molecule has 0 aromatic heterocycles. The summed E-state index contributed by atoms with van der Waals surface area (Å²) in [7, 11) is 0. The lowest BCUT2D eigenvalue weighted by atomic mass is 9.83. The Bertz CT molecular complexity index is 193. The van der Waals surface area contributed by atoms with Gasteiger partial charge in [-0.1, -0.05) is 20.8 Å². The fourth-order valence-corrected chi connectivity index (χ4v) is 1.74. The molecule has 0 radical (unpaired) electrons. The number of terminal acetylenes is 1. The van der Waals surface area contributed by atoms with E-state index in [2.05, 4.69) is 32.0 Å². The first-order valence-electron chi connectivity index (χ1n) is 5.77. The van der Waals surface area contributed by atoms with Crippen LogP contribution >= 0.6 is 0 Å². The van der Waals surface area contributed by atoms with Crippen molar-refractivity contribution >= 4 is 0 Å². The zero-order valence-electron chi connectivity index (χ0n) is 10.3. The molecule has 0 rings (SSSR count). The van der Waals surface area contributed by atoms with Crippen LogP contribution in [0.3, 0.4) is 0 Å². The van der Waals surface area contributed by atoms with Gasteiger partial charge < -0.3 is 10.4 Å². The van der Waals surface area contributed by atoms with E-state index in [1.165, 1.54) is 0 Å². The highest BCUT2D eigenvalue weighted by Gasteiger charge is 2.19. The predicted octanol–water partition coefficient (Wildman–Crippen LogP) is 2.03. The van der Waals surface area contributed by atoms with Crippen LogP contribution in [-0.4, -0.2) is 24.8 Å². The predicted molar refractivity (Wildman–Crippen MR) is 65.6 cm³/mol. The van der Waals surface area contributed by atoms with Crippen molar-refractivity contribution in [2.45, 2.75) is 40.0 Å². The Morgan fingerprint density at radius 3 is 2.60 bits per heavy atom. The minimum absolute atomic E-state index is 0.0538. The highest BCUT2D eigenvalue weighted by Crippen LogP contribution is 2.25. The van der Waals surface area contributed by atoms with Crippen LogP contribution in [0.1, 0.15) is 40.0 Å². The van der Waals surface area contributed by atoms with E-state index in [-0.39, 0.29) is 12.0 Å². The zero-order valence-corrected chi connectivity index (χ0v) is 10.3. The molecule has 2 nitrogen and oxygen atoms in total. The lowest BCUT2D eigenvalue weighted by Crippen LogP contribution is -2.23. The van der Waals surface area contributed by atoms with Crippen molar-refractivity contribution in [1.82, 2.24) is 5.32 Å². The molecule has 2 heteroatoms. The summed E-state index contributed by atoms with van der Waals surface area (Å²) in [5, 5.41) is 12.5. The van der Waals surface area contributed by atoms with Gasteiger partial charge in [-0.3, -0.25) is 0 Å². The molecule has 0 bridgehead atoms. The minimum atomic E-state index is 0.0538. The fourth-order valence-electron chi connectivity index (χ4n) is 1.74. The van der Waals surface area contributed by atoms with Crippen LogP contribution in [0.15, 0.2) is 0 Å². The van der Waals surface area contributed by atoms with Gasteiger partial charge in [0.05, 0.1) is 0 Å². The van der Waals surface area contributed by atoms with E-state index >= 15 is 0 Å². The van der Waals surface area contributed by atoms with Gasteiger partial charge in [-0.25, -0.2) is 0 Å². The van der Waals surface area contributed by atoms with Gasteiger partial charge in [0.25, 0.3) is 0 Å². The first kappa shape index (κ1) is 14.5. The van der Waals surface area contributed by atoms with E-state index in [1.54, 1.807) is 0 Å². The van der Waals surface area contributed by atoms with Crippen molar-refractivity contribution in [1.29, 1.82) is 0 Å². The molecule has 0 amide bonds. The van der Waals surface area contributed by atoms with Crippen LogP contribution in [0.2, 0.25) is 0 Å². The molecule has 0 heterocycles. The monoisotopic (exact) mass is 211 g/mol. The molecule has 0 aromatic rings. The summed E-state index contributed by atoms with van der Waals surface area (Å²) in [6.07, 6.45) is 8.17. The summed E-state index contributed by atoms with van der Waals surface area (Å²) < 4.78 is 0. The van der Waals surface area contributed by atoms with E-state index in [4.69, 9.17) is 11.5 Å². The maximum absolute atomic E-state index is 9.15. The summed E-state index contributed by atoms with van der Waals surface area (Å²) in [4.78, 5) is 0. The van der Waals surface area contributed by atoms with Gasteiger partial charge in [-0.05, 0) is 30.7 Å². The quantitative estimate of drug-likeness (QED) is 0.475. The van der Waals surface area contributed by atoms with Crippen molar-refractivity contribution in [3.8, 4) is 12.3 Å². The lowest BCUT2D eigenvalue weighted by molar-refractivity contribution is 0.131. The Labute approximate surface area is 94.5 Å². The molecule has 0 spiro atoms. The van der Waals surface area contributed by atoms with Gasteiger partial charge in [0.2, 0.25) is 0 Å². The number of nitrogens with one attached hydrogen (secondary N) is 1. The molecule has 0 aliphatic rings. The Kier molecular flexibility index (Phi) is 7.46. The second kappa shape index (κ2) is 7.73. The normalized spacial score (nSPS) is 13.5. The molecule has 2 N–H and O–H groups in total. The van der Waals surface area contributed by atoms with Crippen LogP contribution in [0.5, 0.6) is 0 Å². The van der Waals surface area contributed by atoms with Crippen LogP contribution < -0.4 is 5.32 Å². The Morgan fingerprint density at radius 1 is 1.40 bits per heavy atom. The summed E-state index contributed by atoms with van der Waals surface area (Å²) in [5.74, 6) is 3.25. The summed E-state index contributed by atoms with van der Waals surface area (Å²) >= 11 is 0. The molecule has 1 atom stereocenters. The number of hydrogen-bond donors (Lipinski definition) is 2. The summed E-state index contributed by atoms with van der Waals surface area (Å²) in [6.45, 7) is 8.64. The van der Waals surface area contributed by atoms with E-state index in [9.17, 15) is 0 Å². The molecular weight excluding hydrogens is 186 g/mol. The molecule has 0 saturated carbocycles. The largest absolute Gasteiger partial charge is 0.396 e. The average molecular weight is 211 g/mol. The number of hydrogen-bond acceptors (Lipinski definition) is 2. The summed E-state index contributed by atoms with van der Waals surface area (Å²) in [5.41, 5.74) is 0.0538. The molecule has 0 saturated heterocycles. The molecule has 0 fully saturated rings. The van der Waals surface area contributed by atoms with Crippen molar-refractivity contribution in [3.05, 3.63) is 0 Å². The highest BCUT2D eigenvalue weighted by atomic mass is 16.3. The average Bonchev–Trinajstić information content (AvgIpc) is 2.17. The minimum Gasteiger partial charge on any atom is -0.396 e. The lowest BCUT2D eigenvalue weighted by Gasteiger charge is -2.25. The van der Waals surface area contributed by atoms with E-state index in [1.807, 2.05) is 0 Å². The molecular formula is C13H25NO. The maximum Gasteiger partial charge on any atom is 0.0482 e. The number of rotatable bonds is 8. The SMILES string of the molecule is C#CCCNCCC(C)CC(C)(C)CO. The van der Waals surface area contributed by atoms with Gasteiger partial charge in [-0.2, -0.15) is 0 Å². The number of aliphatic hydroxyl groups is 1. The van der Waals surface area contributed by atoms with Crippen molar-refractivity contribution < 1.29 is 5.11 Å². The number of aliphatic hydroxyl groups excluding tert-OH is 1. The Morgan fingerprint density at radius 2 is 2.07 bits per heavy atom. The topological polar surface area (TPSA) is 32.3 Å². The first-order chi connectivity index (χ1) is 7.02. The van der Waals surface area contributed by atoms with Gasteiger partial charge >= 0.3 is 0 Å². The third-order valence-corrected chi connectivity index (χ3v) is 2.59. The molecule has 0 aliphatic heterocycles. The Balaban J connectivity index is 3.50. The smallest absolute Gasteiger partial charge is 0.0482 e. The van der Waals surface area contributed by atoms with Gasteiger partial charge in [0, 0.05) is 19.6 Å². The fraction of sp³-hybridized carbons (Fsp3) is 0.846. The third kappa shape index (κ3) is 8.47. The molecule has 0 aliphatic carbocycles. The maximum atomic E-state index is 9.15. The van der Waals surface area contributed by atoms with Crippen LogP contribution in [0.4, 0.5) is 0 Å². The first-order valence-corrected chi connectivity index (χ1v) is 5.77. The second-order valence-electron chi connectivity index (χ2n) is 5.12. The third-order valence-electron chi connectivity index (χ3n) is 2.59. The van der Waals surface area contributed by atoms with Crippen molar-refractivity contribution in [2.75, 3.05) is 19.7 Å². The van der Waals surface area contributed by atoms with Crippen LogP contribution in [0.25, 0.3) is 0 Å². The Hall–Kier alpha value is -0.520. The molecule has 88 valence electrons. The van der Waals surface area contributed by atoms with Gasteiger partial charge in [0.15, 0.2) is 0 Å². The van der Waals surface area contributed by atoms with Gasteiger partial charge in [-0.15, -0.1) is 12.3 Å². The van der Waals surface area contributed by atoms with E-state index in [0.29, 0.717) is 5.92 Å². The van der Waals surface area contributed by atoms with Gasteiger partial charge in [0.1, 0.15) is 0 Å².